The van der Waals surface area contributed by atoms with Crippen LogP contribution in [-0.2, 0) is 16.7 Å². The zero-order valence-electron chi connectivity index (χ0n) is 14.1. The topological polar surface area (TPSA) is 25.4 Å². The third-order valence-corrected chi connectivity index (χ3v) is 5.57. The zero-order chi connectivity index (χ0) is 15.7. The number of hydrogen-bond donors (Lipinski definition) is 0. The summed E-state index contributed by atoms with van der Waals surface area (Å²) in [5, 5.41) is 1.26. The number of rotatable bonds is 3. The van der Waals surface area contributed by atoms with Crippen LogP contribution in [0.4, 0.5) is 0 Å². The first kappa shape index (κ1) is 15.1. The molecule has 122 valence electrons. The van der Waals surface area contributed by atoms with E-state index in [0.29, 0.717) is 0 Å². The van der Waals surface area contributed by atoms with Crippen LogP contribution in [0.15, 0.2) is 30.3 Å². The molecule has 0 bridgehead atoms. The summed E-state index contributed by atoms with van der Waals surface area (Å²) in [5.74, 6) is 0. The van der Waals surface area contributed by atoms with Crippen molar-refractivity contribution in [3.63, 3.8) is 0 Å². The van der Waals surface area contributed by atoms with Crippen molar-refractivity contribution in [3.8, 4) is 0 Å². The van der Waals surface area contributed by atoms with Crippen molar-refractivity contribution in [2.75, 3.05) is 26.3 Å². The van der Waals surface area contributed by atoms with Gasteiger partial charge in [-0.2, -0.15) is 0 Å². The van der Waals surface area contributed by atoms with E-state index >= 15 is 0 Å². The third kappa shape index (κ3) is 3.13. The van der Waals surface area contributed by atoms with Gasteiger partial charge in [0.2, 0.25) is 0 Å². The first-order valence-electron chi connectivity index (χ1n) is 8.93. The first-order valence-corrected chi connectivity index (χ1v) is 8.93. The number of nitrogens with zero attached hydrogens (tertiary/aromatic N) is 2. The molecular weight excluding hydrogens is 284 g/mol. The number of ether oxygens (including phenoxy) is 1. The van der Waals surface area contributed by atoms with Crippen LogP contribution in [-0.4, -0.2) is 36.2 Å². The van der Waals surface area contributed by atoms with E-state index in [1.165, 1.54) is 42.6 Å². The fourth-order valence-electron chi connectivity index (χ4n) is 3.89. The number of pyridine rings is 1. The third-order valence-electron chi connectivity index (χ3n) is 5.57. The molecule has 0 amide bonds. The average Bonchev–Trinajstić information content (AvgIpc) is 3.08. The number of hydrogen-bond acceptors (Lipinski definition) is 3. The molecule has 3 heteroatoms. The molecule has 0 unspecified atom stereocenters. The van der Waals surface area contributed by atoms with Crippen LogP contribution in [0.5, 0.6) is 0 Å². The summed E-state index contributed by atoms with van der Waals surface area (Å²) in [6.45, 7) is 7.60. The summed E-state index contributed by atoms with van der Waals surface area (Å²) in [6, 6.07) is 11.3. The Morgan fingerprint density at radius 3 is 2.65 bits per heavy atom. The lowest BCUT2D eigenvalue weighted by atomic mass is 9.79. The van der Waals surface area contributed by atoms with Crippen LogP contribution >= 0.6 is 0 Å². The predicted molar refractivity (Wildman–Crippen MR) is 93.7 cm³/mol. The molecule has 0 spiro atoms. The van der Waals surface area contributed by atoms with Crippen molar-refractivity contribution in [2.45, 2.75) is 44.6 Å². The second-order valence-electron chi connectivity index (χ2n) is 7.38. The van der Waals surface area contributed by atoms with Gasteiger partial charge >= 0.3 is 0 Å². The standard InChI is InChI=1S/C20H26N2O/c1-20(8-12-23-13-9-20)19-7-5-17-14-16(4-6-18(17)21-19)15-22-10-2-3-11-22/h4-7,14H,2-3,8-13,15H2,1H3. The van der Waals surface area contributed by atoms with E-state index in [0.717, 1.165) is 38.1 Å². The fraction of sp³-hybridized carbons (Fsp3) is 0.550. The maximum absolute atomic E-state index is 5.52. The quantitative estimate of drug-likeness (QED) is 0.860. The highest BCUT2D eigenvalue weighted by Gasteiger charge is 2.30. The molecule has 4 rings (SSSR count). The first-order chi connectivity index (χ1) is 11.2. The van der Waals surface area contributed by atoms with Crippen molar-refractivity contribution in [1.82, 2.24) is 9.88 Å². The summed E-state index contributed by atoms with van der Waals surface area (Å²) >= 11 is 0. The van der Waals surface area contributed by atoms with Crippen molar-refractivity contribution in [1.29, 1.82) is 0 Å². The van der Waals surface area contributed by atoms with Crippen molar-refractivity contribution in [3.05, 3.63) is 41.6 Å². The van der Waals surface area contributed by atoms with E-state index in [2.05, 4.69) is 42.2 Å². The van der Waals surface area contributed by atoms with E-state index in [9.17, 15) is 0 Å². The normalized spacial score (nSPS) is 21.8. The molecule has 2 fully saturated rings. The fourth-order valence-corrected chi connectivity index (χ4v) is 3.89. The Morgan fingerprint density at radius 2 is 1.87 bits per heavy atom. The second kappa shape index (κ2) is 6.21. The molecule has 1 aromatic heterocycles. The van der Waals surface area contributed by atoms with Gasteiger partial charge in [-0.15, -0.1) is 0 Å². The molecule has 2 aliphatic heterocycles. The van der Waals surface area contributed by atoms with Gasteiger partial charge in [0.25, 0.3) is 0 Å². The van der Waals surface area contributed by atoms with Gasteiger partial charge in [-0.25, -0.2) is 0 Å². The molecule has 3 nitrogen and oxygen atoms in total. The maximum Gasteiger partial charge on any atom is 0.0705 e. The molecule has 0 radical (unpaired) electrons. The Bertz CT molecular complexity index is 685. The van der Waals surface area contributed by atoms with E-state index in [4.69, 9.17) is 9.72 Å². The van der Waals surface area contributed by atoms with Crippen LogP contribution in [0.1, 0.15) is 43.9 Å². The molecule has 0 N–H and O–H groups in total. The molecule has 2 saturated heterocycles. The molecule has 0 aliphatic carbocycles. The summed E-state index contributed by atoms with van der Waals surface area (Å²) in [6.07, 6.45) is 4.83. The van der Waals surface area contributed by atoms with E-state index in [-0.39, 0.29) is 5.41 Å². The maximum atomic E-state index is 5.52. The van der Waals surface area contributed by atoms with Gasteiger partial charge < -0.3 is 4.74 Å². The lowest BCUT2D eigenvalue weighted by Crippen LogP contribution is -2.31. The summed E-state index contributed by atoms with van der Waals surface area (Å²) in [4.78, 5) is 7.52. The molecule has 2 aliphatic rings. The minimum absolute atomic E-state index is 0.167. The molecule has 1 aromatic carbocycles. The van der Waals surface area contributed by atoms with Gasteiger partial charge in [-0.05, 0) is 62.5 Å². The van der Waals surface area contributed by atoms with Crippen LogP contribution in [0.3, 0.4) is 0 Å². The number of aromatic nitrogens is 1. The van der Waals surface area contributed by atoms with Crippen LogP contribution < -0.4 is 0 Å². The van der Waals surface area contributed by atoms with Gasteiger partial charge in [0, 0.05) is 36.3 Å². The number of likely N-dealkylation sites (tertiary alicyclic amines) is 1. The molecule has 0 saturated carbocycles. The highest BCUT2D eigenvalue weighted by molar-refractivity contribution is 5.79. The Labute approximate surface area is 138 Å². The summed E-state index contributed by atoms with van der Waals surface area (Å²) < 4.78 is 5.52. The molecular formula is C20H26N2O. The lowest BCUT2D eigenvalue weighted by molar-refractivity contribution is 0.0551. The average molecular weight is 310 g/mol. The van der Waals surface area contributed by atoms with E-state index < -0.39 is 0 Å². The molecule has 0 atom stereocenters. The highest BCUT2D eigenvalue weighted by Crippen LogP contribution is 2.34. The monoisotopic (exact) mass is 310 g/mol. The predicted octanol–water partition coefficient (Wildman–Crippen LogP) is 3.90. The van der Waals surface area contributed by atoms with Crippen LogP contribution in [0.2, 0.25) is 0 Å². The Hall–Kier alpha value is -1.45. The molecule has 3 heterocycles. The Kier molecular flexibility index (Phi) is 4.08. The lowest BCUT2D eigenvalue weighted by Gasteiger charge is -2.33. The zero-order valence-corrected chi connectivity index (χ0v) is 14.1. The van der Waals surface area contributed by atoms with Crippen molar-refractivity contribution in [2.24, 2.45) is 0 Å². The van der Waals surface area contributed by atoms with Gasteiger partial charge in [0.05, 0.1) is 5.52 Å². The Morgan fingerprint density at radius 1 is 1.09 bits per heavy atom. The summed E-state index contributed by atoms with van der Waals surface area (Å²) in [5.41, 5.74) is 3.92. The molecule has 23 heavy (non-hydrogen) atoms. The minimum Gasteiger partial charge on any atom is -0.381 e. The Balaban J connectivity index is 1.59. The molecule has 2 aromatic rings. The SMILES string of the molecule is CC1(c2ccc3cc(CN4CCCC4)ccc3n2)CCOCC1. The van der Waals surface area contributed by atoms with E-state index in [1.54, 1.807) is 0 Å². The van der Waals surface area contributed by atoms with Crippen LogP contribution in [0, 0.1) is 0 Å². The minimum atomic E-state index is 0.167. The van der Waals surface area contributed by atoms with Gasteiger partial charge in [-0.1, -0.05) is 19.1 Å². The number of benzene rings is 1. The van der Waals surface area contributed by atoms with E-state index in [1.807, 2.05) is 0 Å². The number of fused-ring (bicyclic) bond motifs is 1. The van der Waals surface area contributed by atoms with Gasteiger partial charge in [0.1, 0.15) is 0 Å². The van der Waals surface area contributed by atoms with Gasteiger partial charge in [0.15, 0.2) is 0 Å². The van der Waals surface area contributed by atoms with Crippen molar-refractivity contribution >= 4 is 10.9 Å². The van der Waals surface area contributed by atoms with Crippen LogP contribution in [0.25, 0.3) is 10.9 Å². The van der Waals surface area contributed by atoms with Gasteiger partial charge in [-0.3, -0.25) is 9.88 Å². The van der Waals surface area contributed by atoms with Crippen molar-refractivity contribution < 1.29 is 4.74 Å². The highest BCUT2D eigenvalue weighted by atomic mass is 16.5. The largest absolute Gasteiger partial charge is 0.381 e. The second-order valence-corrected chi connectivity index (χ2v) is 7.38. The smallest absolute Gasteiger partial charge is 0.0705 e. The summed E-state index contributed by atoms with van der Waals surface area (Å²) in [7, 11) is 0.